The molecule has 44 valence electrons. The molecule has 0 saturated heterocycles. The molecule has 0 aromatic carbocycles. The SMILES string of the molecule is NC(=S)N1C=NCC1. The highest BCUT2D eigenvalue weighted by Gasteiger charge is 2.05. The Labute approximate surface area is 53.2 Å². The van der Waals surface area contributed by atoms with Crippen LogP contribution in [0.25, 0.3) is 0 Å². The Morgan fingerprint density at radius 2 is 2.62 bits per heavy atom. The van der Waals surface area contributed by atoms with E-state index in [9.17, 15) is 0 Å². The summed E-state index contributed by atoms with van der Waals surface area (Å²) in [5.41, 5.74) is 5.26. The van der Waals surface area contributed by atoms with Crippen LogP contribution in [0.15, 0.2) is 4.99 Å². The molecule has 0 aliphatic carbocycles. The van der Waals surface area contributed by atoms with Crippen LogP contribution in [0.5, 0.6) is 0 Å². The molecular formula is C4H7N3S. The van der Waals surface area contributed by atoms with E-state index in [0.717, 1.165) is 13.1 Å². The first-order valence-corrected chi connectivity index (χ1v) is 2.77. The van der Waals surface area contributed by atoms with Gasteiger partial charge >= 0.3 is 0 Å². The smallest absolute Gasteiger partial charge is 0.171 e. The molecule has 1 rings (SSSR count). The van der Waals surface area contributed by atoms with Crippen LogP contribution in [0, 0.1) is 0 Å². The number of hydrogen-bond donors (Lipinski definition) is 1. The molecule has 0 amide bonds. The van der Waals surface area contributed by atoms with Gasteiger partial charge in [0, 0.05) is 6.54 Å². The highest BCUT2D eigenvalue weighted by molar-refractivity contribution is 7.80. The van der Waals surface area contributed by atoms with Crippen LogP contribution in [0.1, 0.15) is 0 Å². The van der Waals surface area contributed by atoms with Crippen LogP contribution in [0.3, 0.4) is 0 Å². The Morgan fingerprint density at radius 1 is 1.88 bits per heavy atom. The molecule has 4 heteroatoms. The van der Waals surface area contributed by atoms with Crippen LogP contribution < -0.4 is 5.73 Å². The van der Waals surface area contributed by atoms with Crippen molar-refractivity contribution in [2.45, 2.75) is 0 Å². The zero-order valence-electron chi connectivity index (χ0n) is 4.37. The first-order valence-electron chi connectivity index (χ1n) is 2.37. The molecule has 0 radical (unpaired) electrons. The van der Waals surface area contributed by atoms with Gasteiger partial charge in [0.05, 0.1) is 12.9 Å². The van der Waals surface area contributed by atoms with Gasteiger partial charge in [0.25, 0.3) is 0 Å². The van der Waals surface area contributed by atoms with Crippen LogP contribution >= 0.6 is 12.2 Å². The van der Waals surface area contributed by atoms with E-state index in [-0.39, 0.29) is 0 Å². The fourth-order valence-corrected chi connectivity index (χ4v) is 0.685. The van der Waals surface area contributed by atoms with Gasteiger partial charge < -0.3 is 10.6 Å². The summed E-state index contributed by atoms with van der Waals surface area (Å²) in [6.07, 6.45) is 1.67. The quantitative estimate of drug-likeness (QED) is 0.451. The summed E-state index contributed by atoms with van der Waals surface area (Å²) in [4.78, 5) is 5.66. The molecule has 0 bridgehead atoms. The second-order valence-corrected chi connectivity index (χ2v) is 1.97. The standard InChI is InChI=1S/C4H7N3S/c5-4(8)7-2-1-6-3-7/h3H,1-2H2,(H2,5,8). The van der Waals surface area contributed by atoms with Crippen molar-refractivity contribution >= 4 is 23.7 Å². The molecule has 1 aliphatic rings. The van der Waals surface area contributed by atoms with Crippen molar-refractivity contribution < 1.29 is 0 Å². The molecule has 2 N–H and O–H groups in total. The second kappa shape index (κ2) is 2.09. The summed E-state index contributed by atoms with van der Waals surface area (Å²) in [6, 6.07) is 0. The minimum absolute atomic E-state index is 0.409. The lowest BCUT2D eigenvalue weighted by atomic mass is 10.6. The maximum absolute atomic E-state index is 5.26. The minimum Gasteiger partial charge on any atom is -0.376 e. The highest BCUT2D eigenvalue weighted by Crippen LogP contribution is 1.90. The van der Waals surface area contributed by atoms with E-state index >= 15 is 0 Å². The average molecular weight is 129 g/mol. The van der Waals surface area contributed by atoms with E-state index in [4.69, 9.17) is 5.73 Å². The monoisotopic (exact) mass is 129 g/mol. The second-order valence-electron chi connectivity index (χ2n) is 1.55. The molecule has 0 spiro atoms. The Hall–Kier alpha value is -0.640. The first kappa shape index (κ1) is 5.50. The lowest BCUT2D eigenvalue weighted by Gasteiger charge is -2.08. The van der Waals surface area contributed by atoms with Crippen molar-refractivity contribution in [3.8, 4) is 0 Å². The van der Waals surface area contributed by atoms with Crippen molar-refractivity contribution in [1.82, 2.24) is 4.90 Å². The number of aliphatic imine (C=N–C) groups is 1. The van der Waals surface area contributed by atoms with E-state index in [1.807, 2.05) is 0 Å². The van der Waals surface area contributed by atoms with Gasteiger partial charge in [0.1, 0.15) is 0 Å². The lowest BCUT2D eigenvalue weighted by molar-refractivity contribution is 0.683. The molecule has 1 heterocycles. The Balaban J connectivity index is 2.48. The number of nitrogens with zero attached hydrogens (tertiary/aromatic N) is 2. The molecule has 0 fully saturated rings. The number of nitrogens with two attached hydrogens (primary N) is 1. The van der Waals surface area contributed by atoms with Gasteiger partial charge in [-0.2, -0.15) is 0 Å². The Kier molecular flexibility index (Phi) is 1.43. The fraction of sp³-hybridized carbons (Fsp3) is 0.500. The lowest BCUT2D eigenvalue weighted by Crippen LogP contribution is -2.32. The van der Waals surface area contributed by atoms with E-state index in [1.54, 1.807) is 11.2 Å². The summed E-state index contributed by atoms with van der Waals surface area (Å²) in [5, 5.41) is 0.409. The molecule has 0 saturated carbocycles. The maximum atomic E-state index is 5.26. The maximum Gasteiger partial charge on any atom is 0.171 e. The van der Waals surface area contributed by atoms with Gasteiger partial charge in [-0.25, -0.2) is 0 Å². The molecule has 0 aromatic heterocycles. The van der Waals surface area contributed by atoms with Crippen molar-refractivity contribution in [3.63, 3.8) is 0 Å². The van der Waals surface area contributed by atoms with Crippen LogP contribution in [0.2, 0.25) is 0 Å². The summed E-state index contributed by atoms with van der Waals surface area (Å²) in [7, 11) is 0. The van der Waals surface area contributed by atoms with E-state index in [1.165, 1.54) is 0 Å². The Bertz CT molecular complexity index is 131. The van der Waals surface area contributed by atoms with Crippen molar-refractivity contribution in [1.29, 1.82) is 0 Å². The zero-order chi connectivity index (χ0) is 5.98. The van der Waals surface area contributed by atoms with E-state index in [2.05, 4.69) is 17.2 Å². The van der Waals surface area contributed by atoms with Crippen molar-refractivity contribution in [3.05, 3.63) is 0 Å². The third-order valence-corrected chi connectivity index (χ3v) is 1.21. The minimum atomic E-state index is 0.409. The predicted octanol–water partition coefficient (Wildman–Crippen LogP) is -0.426. The molecule has 0 aromatic rings. The van der Waals surface area contributed by atoms with Crippen molar-refractivity contribution in [2.24, 2.45) is 10.7 Å². The van der Waals surface area contributed by atoms with Crippen LogP contribution in [-0.4, -0.2) is 29.4 Å². The molecule has 8 heavy (non-hydrogen) atoms. The molecular weight excluding hydrogens is 122 g/mol. The molecule has 0 atom stereocenters. The first-order chi connectivity index (χ1) is 3.80. The molecule has 0 unspecified atom stereocenters. The van der Waals surface area contributed by atoms with Gasteiger partial charge in [0.2, 0.25) is 0 Å². The van der Waals surface area contributed by atoms with Gasteiger partial charge in [-0.3, -0.25) is 4.99 Å². The number of hydrogen-bond acceptors (Lipinski definition) is 2. The molecule has 3 nitrogen and oxygen atoms in total. The van der Waals surface area contributed by atoms with Gasteiger partial charge in [-0.15, -0.1) is 0 Å². The number of rotatable bonds is 0. The summed E-state index contributed by atoms with van der Waals surface area (Å²) in [5.74, 6) is 0. The normalized spacial score (nSPS) is 17.2. The zero-order valence-corrected chi connectivity index (χ0v) is 5.19. The predicted molar refractivity (Wildman–Crippen MR) is 36.9 cm³/mol. The van der Waals surface area contributed by atoms with E-state index < -0.39 is 0 Å². The molecule has 1 aliphatic heterocycles. The van der Waals surface area contributed by atoms with Crippen LogP contribution in [-0.2, 0) is 0 Å². The van der Waals surface area contributed by atoms with Gasteiger partial charge in [-0.05, 0) is 12.2 Å². The van der Waals surface area contributed by atoms with Gasteiger partial charge in [0.15, 0.2) is 5.11 Å². The summed E-state index contributed by atoms with van der Waals surface area (Å²) in [6.45, 7) is 1.66. The van der Waals surface area contributed by atoms with Crippen molar-refractivity contribution in [2.75, 3.05) is 13.1 Å². The third-order valence-electron chi connectivity index (χ3n) is 0.974. The van der Waals surface area contributed by atoms with Gasteiger partial charge in [-0.1, -0.05) is 0 Å². The fourth-order valence-electron chi connectivity index (χ4n) is 0.547. The largest absolute Gasteiger partial charge is 0.376 e. The third kappa shape index (κ3) is 0.949. The number of thiocarbonyl (C=S) groups is 1. The average Bonchev–Trinajstić information content (AvgIpc) is 2.12. The topological polar surface area (TPSA) is 41.6 Å². The highest BCUT2D eigenvalue weighted by atomic mass is 32.1. The summed E-state index contributed by atoms with van der Waals surface area (Å²) >= 11 is 4.67. The van der Waals surface area contributed by atoms with Crippen LogP contribution in [0.4, 0.5) is 0 Å². The summed E-state index contributed by atoms with van der Waals surface area (Å²) < 4.78 is 0. The Morgan fingerprint density at radius 3 is 2.88 bits per heavy atom. The van der Waals surface area contributed by atoms with E-state index in [0.29, 0.717) is 5.11 Å².